The van der Waals surface area contributed by atoms with Crippen LogP contribution in [-0.2, 0) is 30.6 Å². The van der Waals surface area contributed by atoms with E-state index in [0.29, 0.717) is 42.1 Å². The van der Waals surface area contributed by atoms with Crippen molar-refractivity contribution >= 4 is 39.1 Å². The SMILES string of the molecule is CCCc1cc(Cl)ccc1C1COc2ccc3cc2N(C1)C[C@@H]1CCC1C(OC)/C=C/COC(C)(C)C(=O)N=S3(=O)NC(=O)N1CC(O)C1. The molecule has 4 aliphatic rings. The van der Waals surface area contributed by atoms with Gasteiger partial charge in [-0.3, -0.25) is 4.79 Å². The van der Waals surface area contributed by atoms with Gasteiger partial charge in [-0.25, -0.2) is 13.7 Å². The normalized spacial score (nSPS) is 29.3. The van der Waals surface area contributed by atoms with Crippen LogP contribution in [0.3, 0.4) is 0 Å². The van der Waals surface area contributed by atoms with Gasteiger partial charge in [0.05, 0.1) is 49.1 Å². The number of anilines is 1. The van der Waals surface area contributed by atoms with Crippen molar-refractivity contribution < 1.29 is 33.1 Å². The van der Waals surface area contributed by atoms with E-state index in [2.05, 4.69) is 27.0 Å². The summed E-state index contributed by atoms with van der Waals surface area (Å²) in [4.78, 5) is 30.7. The van der Waals surface area contributed by atoms with E-state index in [9.17, 15) is 18.9 Å². The topological polar surface area (TPSA) is 130 Å². The van der Waals surface area contributed by atoms with Crippen LogP contribution in [-0.4, -0.2) is 90.5 Å². The van der Waals surface area contributed by atoms with Crippen LogP contribution in [0.4, 0.5) is 10.5 Å². The fraction of sp³-hybridized carbons (Fsp3) is 0.556. The number of hydrogen-bond donors (Lipinski definition) is 2. The van der Waals surface area contributed by atoms with E-state index >= 15 is 0 Å². The van der Waals surface area contributed by atoms with Crippen molar-refractivity contribution in [3.63, 3.8) is 0 Å². The number of methoxy groups -OCH3 is 1. The summed E-state index contributed by atoms with van der Waals surface area (Å²) < 4.78 is 39.9. The average Bonchev–Trinajstić information content (AvgIpc) is 3.21. The standard InChI is InChI=1S/C36H47ClN4O7S/c1-5-7-23-16-26(37)10-13-29(23)25-19-40-18-24-9-12-30(24)32(46-4)8-6-15-48-36(2,3)34(43)38-49(45,39-35(44)41-20-27(42)21-41)28-11-14-33(47-22-25)31(40)17-28/h6,8,10-11,13-14,16-17,24-25,27,30,32,42H,5,7,9,12,15,18-22H2,1-4H3,(H,38,39,43,44,45)/b8-6+/t24-,25?,30?,32?,49?/m0/s1. The van der Waals surface area contributed by atoms with Crippen LogP contribution in [0.2, 0.25) is 5.02 Å². The summed E-state index contributed by atoms with van der Waals surface area (Å²) in [7, 11) is -2.14. The largest absolute Gasteiger partial charge is 0.491 e. The molecule has 1 saturated carbocycles. The minimum absolute atomic E-state index is 0.0167. The van der Waals surface area contributed by atoms with Gasteiger partial charge < -0.3 is 29.1 Å². The van der Waals surface area contributed by atoms with Crippen LogP contribution in [0.5, 0.6) is 5.75 Å². The summed E-state index contributed by atoms with van der Waals surface area (Å²) in [6.45, 7) is 7.35. The second-order valence-electron chi connectivity index (χ2n) is 14.0. The lowest BCUT2D eigenvalue weighted by Gasteiger charge is -2.43. The molecule has 2 N–H and O–H groups in total. The van der Waals surface area contributed by atoms with Crippen molar-refractivity contribution in [3.8, 4) is 5.75 Å². The average molecular weight is 715 g/mol. The first-order valence-corrected chi connectivity index (χ1v) is 19.0. The lowest BCUT2D eigenvalue weighted by atomic mass is 9.70. The highest BCUT2D eigenvalue weighted by Crippen LogP contribution is 2.43. The Balaban J connectivity index is 1.46. The number of nitrogens with one attached hydrogen (secondary N) is 1. The molecular formula is C36H47ClN4O7S. The quantitative estimate of drug-likeness (QED) is 0.398. The number of ether oxygens (including phenoxy) is 3. The second-order valence-corrected chi connectivity index (χ2v) is 16.3. The Morgan fingerprint density at radius 1 is 1.16 bits per heavy atom. The van der Waals surface area contributed by atoms with Crippen molar-refractivity contribution in [2.75, 3.05) is 51.4 Å². The molecule has 6 rings (SSSR count). The number of aliphatic hydroxyl groups excluding tert-OH is 1. The Hall–Kier alpha value is -3.16. The molecule has 3 heterocycles. The Labute approximate surface area is 294 Å². The summed E-state index contributed by atoms with van der Waals surface area (Å²) in [6.07, 6.45) is 6.98. The van der Waals surface area contributed by atoms with E-state index in [1.165, 1.54) is 16.0 Å². The number of carbonyl (C=O) groups excluding carboxylic acids is 2. The first kappa shape index (κ1) is 35.7. The molecule has 1 saturated heterocycles. The number of nitrogens with zero attached hydrogens (tertiary/aromatic N) is 3. The lowest BCUT2D eigenvalue weighted by Crippen LogP contribution is -2.57. The molecule has 0 spiro atoms. The second kappa shape index (κ2) is 14.6. The van der Waals surface area contributed by atoms with Crippen LogP contribution in [0, 0.1) is 11.8 Å². The zero-order chi connectivity index (χ0) is 34.9. The number of carbonyl (C=O) groups is 2. The molecule has 3 amide bonds. The van der Waals surface area contributed by atoms with Crippen molar-refractivity contribution in [3.05, 3.63) is 64.7 Å². The molecule has 2 bridgehead atoms. The third-order valence-corrected chi connectivity index (χ3v) is 12.1. The number of β-amino-alcohol motifs (C(OH)–C–C–N with tert-alkyl or cyclic N) is 1. The van der Waals surface area contributed by atoms with Gasteiger partial charge in [-0.2, -0.15) is 0 Å². The molecule has 2 aromatic rings. The number of halogens is 1. The highest BCUT2D eigenvalue weighted by atomic mass is 35.5. The number of hydrogen-bond acceptors (Lipinski definition) is 8. The van der Waals surface area contributed by atoms with Crippen molar-refractivity contribution in [1.82, 2.24) is 9.62 Å². The fourth-order valence-electron chi connectivity index (χ4n) is 7.07. The van der Waals surface area contributed by atoms with E-state index in [1.807, 2.05) is 24.3 Å². The monoisotopic (exact) mass is 714 g/mol. The number of urea groups is 1. The van der Waals surface area contributed by atoms with E-state index < -0.39 is 33.6 Å². The van der Waals surface area contributed by atoms with E-state index in [1.54, 1.807) is 39.2 Å². The predicted octanol–water partition coefficient (Wildman–Crippen LogP) is 5.34. The molecule has 266 valence electrons. The van der Waals surface area contributed by atoms with Gasteiger partial charge in [-0.05, 0) is 86.4 Å². The molecule has 1 aliphatic carbocycles. The molecule has 49 heavy (non-hydrogen) atoms. The Kier molecular flexibility index (Phi) is 10.6. The summed E-state index contributed by atoms with van der Waals surface area (Å²) in [5, 5.41) is 10.5. The lowest BCUT2D eigenvalue weighted by molar-refractivity contribution is -0.137. The number of likely N-dealkylation sites (tertiary alicyclic amines) is 1. The third-order valence-electron chi connectivity index (χ3n) is 10.1. The van der Waals surface area contributed by atoms with Gasteiger partial charge in [-0.1, -0.05) is 43.2 Å². The van der Waals surface area contributed by atoms with Crippen molar-refractivity contribution in [2.45, 2.75) is 75.1 Å². The van der Waals surface area contributed by atoms with Gasteiger partial charge in [0.15, 0.2) is 9.92 Å². The summed E-state index contributed by atoms with van der Waals surface area (Å²) >= 11 is 6.44. The Morgan fingerprint density at radius 3 is 2.65 bits per heavy atom. The van der Waals surface area contributed by atoms with Crippen LogP contribution >= 0.6 is 11.6 Å². The molecule has 2 aromatic carbocycles. The molecule has 5 atom stereocenters. The van der Waals surface area contributed by atoms with Crippen molar-refractivity contribution in [2.24, 2.45) is 16.2 Å². The number of benzene rings is 2. The number of aryl methyl sites for hydroxylation is 1. The van der Waals surface area contributed by atoms with E-state index in [-0.39, 0.29) is 42.5 Å². The summed E-state index contributed by atoms with van der Waals surface area (Å²) in [5.74, 6) is 0.436. The van der Waals surface area contributed by atoms with Gasteiger partial charge in [0, 0.05) is 31.1 Å². The first-order chi connectivity index (χ1) is 23.4. The van der Waals surface area contributed by atoms with Crippen LogP contribution in [0.1, 0.15) is 57.1 Å². The zero-order valence-electron chi connectivity index (χ0n) is 28.6. The summed E-state index contributed by atoms with van der Waals surface area (Å²) in [6, 6.07) is 10.5. The van der Waals surface area contributed by atoms with Gasteiger partial charge in [0.2, 0.25) is 0 Å². The number of amides is 3. The zero-order valence-corrected chi connectivity index (χ0v) is 30.2. The maximum absolute atomic E-state index is 14.8. The maximum Gasteiger partial charge on any atom is 0.330 e. The molecule has 0 radical (unpaired) electrons. The van der Waals surface area contributed by atoms with Gasteiger partial charge in [0.1, 0.15) is 11.4 Å². The molecular weight excluding hydrogens is 668 g/mol. The Bertz CT molecular complexity index is 1720. The summed E-state index contributed by atoms with van der Waals surface area (Å²) in [5.41, 5.74) is 1.66. The molecule has 11 nitrogen and oxygen atoms in total. The molecule has 4 unspecified atom stereocenters. The molecule has 13 heteroatoms. The van der Waals surface area contributed by atoms with Gasteiger partial charge >= 0.3 is 6.03 Å². The van der Waals surface area contributed by atoms with E-state index in [4.69, 9.17) is 25.8 Å². The van der Waals surface area contributed by atoms with Crippen LogP contribution in [0.15, 0.2) is 57.8 Å². The number of rotatable bonds is 5. The Morgan fingerprint density at radius 2 is 1.96 bits per heavy atom. The first-order valence-electron chi connectivity index (χ1n) is 17.1. The highest BCUT2D eigenvalue weighted by Gasteiger charge is 2.40. The fourth-order valence-corrected chi connectivity index (χ4v) is 8.88. The molecule has 2 fully saturated rings. The maximum atomic E-state index is 14.8. The molecule has 3 aliphatic heterocycles. The van der Waals surface area contributed by atoms with Gasteiger partial charge in [-0.15, -0.1) is 4.36 Å². The van der Waals surface area contributed by atoms with Crippen LogP contribution in [0.25, 0.3) is 0 Å². The van der Waals surface area contributed by atoms with Crippen LogP contribution < -0.4 is 14.4 Å². The van der Waals surface area contributed by atoms with E-state index in [0.717, 1.165) is 25.7 Å². The van der Waals surface area contributed by atoms with Gasteiger partial charge in [0.25, 0.3) is 5.91 Å². The molecule has 0 aromatic heterocycles. The van der Waals surface area contributed by atoms with Crippen molar-refractivity contribution in [1.29, 1.82) is 0 Å². The number of aliphatic hydroxyl groups is 1. The smallest absolute Gasteiger partial charge is 0.330 e. The predicted molar refractivity (Wildman–Crippen MR) is 188 cm³/mol. The minimum Gasteiger partial charge on any atom is -0.491 e. The number of fused-ring (bicyclic) bond motifs is 2. The minimum atomic E-state index is -3.86. The highest BCUT2D eigenvalue weighted by molar-refractivity contribution is 7.92. The third kappa shape index (κ3) is 7.63.